The lowest BCUT2D eigenvalue weighted by molar-refractivity contribution is 0.0942. The summed E-state index contributed by atoms with van der Waals surface area (Å²) in [6.45, 7) is 2.59. The average molecular weight is 332 g/mol. The molecule has 0 fully saturated rings. The van der Waals surface area contributed by atoms with Crippen LogP contribution in [0.5, 0.6) is 0 Å². The highest BCUT2D eigenvalue weighted by Gasteiger charge is 2.12. The van der Waals surface area contributed by atoms with E-state index in [0.29, 0.717) is 12.2 Å². The molecule has 5 heteroatoms. The Labute approximate surface area is 140 Å². The van der Waals surface area contributed by atoms with Gasteiger partial charge in [0.1, 0.15) is 5.69 Å². The van der Waals surface area contributed by atoms with E-state index in [-0.39, 0.29) is 5.91 Å². The summed E-state index contributed by atoms with van der Waals surface area (Å²) < 4.78 is 0. The Hall–Kier alpha value is -1.46. The number of rotatable bonds is 7. The SMILES string of the molecule is CCSc1cccnc1C(=O)NCc1cccc(CSC)c1. The van der Waals surface area contributed by atoms with Crippen molar-refractivity contribution in [3.8, 4) is 0 Å². The molecular weight excluding hydrogens is 312 g/mol. The molecule has 1 heterocycles. The number of amides is 1. The fraction of sp³-hybridized carbons (Fsp3) is 0.294. The van der Waals surface area contributed by atoms with Crippen LogP contribution in [0.3, 0.4) is 0 Å². The molecule has 1 aromatic carbocycles. The van der Waals surface area contributed by atoms with Crippen LogP contribution >= 0.6 is 23.5 Å². The Bertz CT molecular complexity index is 632. The standard InChI is InChI=1S/C17H20N2OS2/c1-3-22-15-8-5-9-18-16(15)17(20)19-11-13-6-4-7-14(10-13)12-21-2/h4-10H,3,11-12H2,1-2H3,(H,19,20). The van der Waals surface area contributed by atoms with Crippen molar-refractivity contribution in [2.24, 2.45) is 0 Å². The number of hydrogen-bond donors (Lipinski definition) is 1. The maximum atomic E-state index is 12.3. The summed E-state index contributed by atoms with van der Waals surface area (Å²) in [7, 11) is 0. The highest BCUT2D eigenvalue weighted by Crippen LogP contribution is 2.20. The van der Waals surface area contributed by atoms with Crippen LogP contribution in [0.25, 0.3) is 0 Å². The molecule has 0 spiro atoms. The normalized spacial score (nSPS) is 10.5. The molecule has 0 aliphatic rings. The summed E-state index contributed by atoms with van der Waals surface area (Å²) >= 11 is 3.43. The summed E-state index contributed by atoms with van der Waals surface area (Å²) in [5, 5.41) is 2.96. The molecule has 0 bridgehead atoms. The molecule has 0 aliphatic carbocycles. The number of thioether (sulfide) groups is 2. The molecule has 116 valence electrons. The van der Waals surface area contributed by atoms with Gasteiger partial charge in [-0.25, -0.2) is 4.98 Å². The number of benzene rings is 1. The predicted octanol–water partition coefficient (Wildman–Crippen LogP) is 3.99. The van der Waals surface area contributed by atoms with Crippen LogP contribution in [0.2, 0.25) is 0 Å². The fourth-order valence-electron chi connectivity index (χ4n) is 2.10. The van der Waals surface area contributed by atoms with E-state index in [9.17, 15) is 4.79 Å². The topological polar surface area (TPSA) is 42.0 Å². The van der Waals surface area contributed by atoms with Crippen molar-refractivity contribution in [2.45, 2.75) is 24.1 Å². The van der Waals surface area contributed by atoms with E-state index in [4.69, 9.17) is 0 Å². The van der Waals surface area contributed by atoms with Gasteiger partial charge in [-0.2, -0.15) is 11.8 Å². The van der Waals surface area contributed by atoms with Gasteiger partial charge in [0.15, 0.2) is 0 Å². The van der Waals surface area contributed by atoms with Crippen LogP contribution in [0, 0.1) is 0 Å². The van der Waals surface area contributed by atoms with Gasteiger partial charge in [-0.1, -0.05) is 31.2 Å². The monoisotopic (exact) mass is 332 g/mol. The number of carbonyl (C=O) groups is 1. The van der Waals surface area contributed by atoms with E-state index in [1.54, 1.807) is 29.7 Å². The van der Waals surface area contributed by atoms with Crippen molar-refractivity contribution in [3.63, 3.8) is 0 Å². The zero-order valence-electron chi connectivity index (χ0n) is 12.8. The van der Waals surface area contributed by atoms with Gasteiger partial charge in [-0.05, 0) is 35.3 Å². The van der Waals surface area contributed by atoms with Crippen LogP contribution in [0.4, 0.5) is 0 Å². The second-order valence-corrected chi connectivity index (χ2v) is 6.89. The summed E-state index contributed by atoms with van der Waals surface area (Å²) in [5.74, 6) is 1.79. The highest BCUT2D eigenvalue weighted by molar-refractivity contribution is 7.99. The number of hydrogen-bond acceptors (Lipinski definition) is 4. The van der Waals surface area contributed by atoms with E-state index < -0.39 is 0 Å². The van der Waals surface area contributed by atoms with E-state index >= 15 is 0 Å². The van der Waals surface area contributed by atoms with Crippen LogP contribution < -0.4 is 5.32 Å². The zero-order chi connectivity index (χ0) is 15.8. The molecule has 3 nitrogen and oxygen atoms in total. The minimum absolute atomic E-state index is 0.119. The molecule has 1 N–H and O–H groups in total. The van der Waals surface area contributed by atoms with Crippen molar-refractivity contribution in [3.05, 3.63) is 59.4 Å². The van der Waals surface area contributed by atoms with Gasteiger partial charge in [0.25, 0.3) is 5.91 Å². The number of carbonyl (C=O) groups excluding carboxylic acids is 1. The Morgan fingerprint density at radius 3 is 2.82 bits per heavy atom. The molecule has 2 rings (SSSR count). The molecule has 22 heavy (non-hydrogen) atoms. The average Bonchev–Trinajstić information content (AvgIpc) is 2.54. The molecule has 0 saturated carbocycles. The van der Waals surface area contributed by atoms with Crippen LogP contribution in [0.1, 0.15) is 28.5 Å². The lowest BCUT2D eigenvalue weighted by atomic mass is 10.1. The Balaban J connectivity index is 2.02. The molecule has 2 aromatic rings. The first kappa shape index (κ1) is 16.9. The highest BCUT2D eigenvalue weighted by atomic mass is 32.2. The minimum atomic E-state index is -0.119. The van der Waals surface area contributed by atoms with Crippen LogP contribution in [-0.4, -0.2) is 22.9 Å². The largest absolute Gasteiger partial charge is 0.347 e. The molecule has 0 atom stereocenters. The van der Waals surface area contributed by atoms with Crippen molar-refractivity contribution < 1.29 is 4.79 Å². The molecular formula is C17H20N2OS2. The Kier molecular flexibility index (Phi) is 6.80. The van der Waals surface area contributed by atoms with Crippen molar-refractivity contribution in [2.75, 3.05) is 12.0 Å². The van der Waals surface area contributed by atoms with Crippen LogP contribution in [-0.2, 0) is 12.3 Å². The Morgan fingerprint density at radius 2 is 2.05 bits per heavy atom. The zero-order valence-corrected chi connectivity index (χ0v) is 14.5. The van der Waals surface area contributed by atoms with Gasteiger partial charge in [0.05, 0.1) is 0 Å². The minimum Gasteiger partial charge on any atom is -0.347 e. The molecule has 0 saturated heterocycles. The fourth-order valence-corrected chi connectivity index (χ4v) is 3.38. The first-order valence-corrected chi connectivity index (χ1v) is 9.55. The summed E-state index contributed by atoms with van der Waals surface area (Å²) in [6, 6.07) is 12.1. The lowest BCUT2D eigenvalue weighted by Gasteiger charge is -2.09. The van der Waals surface area contributed by atoms with Crippen molar-refractivity contribution in [1.29, 1.82) is 0 Å². The Morgan fingerprint density at radius 1 is 1.23 bits per heavy atom. The second kappa shape index (κ2) is 8.86. The van der Waals surface area contributed by atoms with Gasteiger partial charge in [0, 0.05) is 23.4 Å². The molecule has 0 unspecified atom stereocenters. The third-order valence-corrected chi connectivity index (χ3v) is 4.59. The van der Waals surface area contributed by atoms with Gasteiger partial charge < -0.3 is 5.32 Å². The predicted molar refractivity (Wildman–Crippen MR) is 95.5 cm³/mol. The molecule has 1 aromatic heterocycles. The first-order chi connectivity index (χ1) is 10.7. The quantitative estimate of drug-likeness (QED) is 0.779. The van der Waals surface area contributed by atoms with Crippen LogP contribution in [0.15, 0.2) is 47.5 Å². The summed E-state index contributed by atoms with van der Waals surface area (Å²) in [6.07, 6.45) is 3.75. The van der Waals surface area contributed by atoms with E-state index in [1.807, 2.05) is 24.3 Å². The number of nitrogens with zero attached hydrogens (tertiary/aromatic N) is 1. The number of aromatic nitrogens is 1. The van der Waals surface area contributed by atoms with Crippen molar-refractivity contribution in [1.82, 2.24) is 10.3 Å². The third kappa shape index (κ3) is 4.78. The number of nitrogens with one attached hydrogen (secondary N) is 1. The van der Waals surface area contributed by atoms with E-state index in [1.165, 1.54) is 5.56 Å². The van der Waals surface area contributed by atoms with Gasteiger partial charge in [-0.15, -0.1) is 11.8 Å². The molecule has 1 amide bonds. The second-order valence-electron chi connectivity index (χ2n) is 4.72. The van der Waals surface area contributed by atoms with Gasteiger partial charge >= 0.3 is 0 Å². The first-order valence-electron chi connectivity index (χ1n) is 7.17. The smallest absolute Gasteiger partial charge is 0.271 e. The third-order valence-electron chi connectivity index (χ3n) is 3.04. The van der Waals surface area contributed by atoms with Gasteiger partial charge in [0.2, 0.25) is 0 Å². The lowest BCUT2D eigenvalue weighted by Crippen LogP contribution is -2.24. The van der Waals surface area contributed by atoms with E-state index in [0.717, 1.165) is 22.0 Å². The summed E-state index contributed by atoms with van der Waals surface area (Å²) in [4.78, 5) is 17.5. The van der Waals surface area contributed by atoms with E-state index in [2.05, 4.69) is 35.6 Å². The van der Waals surface area contributed by atoms with Crippen molar-refractivity contribution >= 4 is 29.4 Å². The number of pyridine rings is 1. The maximum absolute atomic E-state index is 12.3. The van der Waals surface area contributed by atoms with Gasteiger partial charge in [-0.3, -0.25) is 4.79 Å². The summed E-state index contributed by atoms with van der Waals surface area (Å²) in [5.41, 5.74) is 2.90. The molecule has 0 radical (unpaired) electrons. The maximum Gasteiger partial charge on any atom is 0.271 e. The molecule has 0 aliphatic heterocycles.